The minimum atomic E-state index is -0.550. The average Bonchev–Trinajstić information content (AvgIpc) is 2.06. The zero-order chi connectivity index (χ0) is 8.97. The zero-order valence-electron chi connectivity index (χ0n) is 6.47. The van der Waals surface area contributed by atoms with E-state index in [1.165, 1.54) is 6.20 Å². The van der Waals surface area contributed by atoms with E-state index >= 15 is 0 Å². The van der Waals surface area contributed by atoms with Crippen LogP contribution >= 0.6 is 11.6 Å². The molecule has 0 aliphatic heterocycles. The van der Waals surface area contributed by atoms with E-state index < -0.39 is 5.24 Å². The number of halogens is 1. The molecule has 0 bridgehead atoms. The topological polar surface area (TPSA) is 30.0 Å². The molecule has 2 nitrogen and oxygen atoms in total. The monoisotopic (exact) mass is 179 g/mol. The van der Waals surface area contributed by atoms with Gasteiger partial charge in [0.15, 0.2) is 0 Å². The van der Waals surface area contributed by atoms with E-state index in [9.17, 15) is 4.79 Å². The van der Waals surface area contributed by atoms with Crippen molar-refractivity contribution in [3.8, 4) is 11.8 Å². The summed E-state index contributed by atoms with van der Waals surface area (Å²) in [5, 5.41) is -0.550. The van der Waals surface area contributed by atoms with Gasteiger partial charge in [0.1, 0.15) is 5.69 Å². The summed E-state index contributed by atoms with van der Waals surface area (Å²) in [6.07, 6.45) is 1.52. The molecule has 0 aromatic carbocycles. The molecule has 1 rings (SSSR count). The summed E-state index contributed by atoms with van der Waals surface area (Å²) < 4.78 is 0. The minimum Gasteiger partial charge on any atom is -0.274 e. The second-order valence-electron chi connectivity index (χ2n) is 2.08. The fraction of sp³-hybridized carbons (Fsp3) is 0.111. The number of carbonyl (C=O) groups excluding carboxylic acids is 1. The molecule has 0 fully saturated rings. The van der Waals surface area contributed by atoms with Gasteiger partial charge in [0.05, 0.1) is 0 Å². The van der Waals surface area contributed by atoms with Crippen LogP contribution in [0.5, 0.6) is 0 Å². The van der Waals surface area contributed by atoms with Crippen molar-refractivity contribution in [3.63, 3.8) is 0 Å². The lowest BCUT2D eigenvalue weighted by Crippen LogP contribution is -1.92. The Morgan fingerprint density at radius 2 is 2.33 bits per heavy atom. The molecule has 3 heteroatoms. The van der Waals surface area contributed by atoms with Crippen molar-refractivity contribution >= 4 is 16.8 Å². The van der Waals surface area contributed by atoms with Crippen LogP contribution < -0.4 is 0 Å². The van der Waals surface area contributed by atoms with Crippen LogP contribution in [-0.4, -0.2) is 10.2 Å². The largest absolute Gasteiger partial charge is 0.274 e. The fourth-order valence-electron chi connectivity index (χ4n) is 0.728. The summed E-state index contributed by atoms with van der Waals surface area (Å²) in [6, 6.07) is 3.26. The van der Waals surface area contributed by atoms with E-state index in [0.29, 0.717) is 0 Å². The van der Waals surface area contributed by atoms with E-state index in [2.05, 4.69) is 16.8 Å². The van der Waals surface area contributed by atoms with Crippen LogP contribution in [0.15, 0.2) is 18.3 Å². The number of rotatable bonds is 1. The molecule has 0 unspecified atom stereocenters. The van der Waals surface area contributed by atoms with Crippen LogP contribution in [0.4, 0.5) is 0 Å². The third-order valence-electron chi connectivity index (χ3n) is 1.23. The van der Waals surface area contributed by atoms with Crippen molar-refractivity contribution in [3.05, 3.63) is 29.6 Å². The minimum absolute atomic E-state index is 0.248. The maximum atomic E-state index is 10.6. The lowest BCUT2D eigenvalue weighted by Gasteiger charge is -1.91. The molecule has 0 spiro atoms. The van der Waals surface area contributed by atoms with Gasteiger partial charge in [-0.05, 0) is 30.7 Å². The van der Waals surface area contributed by atoms with Crippen LogP contribution in [0.25, 0.3) is 0 Å². The van der Waals surface area contributed by atoms with Crippen molar-refractivity contribution in [2.24, 2.45) is 0 Å². The highest BCUT2D eigenvalue weighted by Crippen LogP contribution is 2.01. The standard InChI is InChI=1S/C9H6ClNO/c1-2-3-7-4-5-8(9(10)12)11-6-7/h4-6H,1H3. The molecule has 1 aromatic rings. The van der Waals surface area contributed by atoms with Crippen molar-refractivity contribution in [2.75, 3.05) is 0 Å². The van der Waals surface area contributed by atoms with Crippen LogP contribution in [0.2, 0.25) is 0 Å². The molecule has 0 aliphatic rings. The molecule has 1 heterocycles. The number of pyridine rings is 1. The maximum absolute atomic E-state index is 10.6. The predicted molar refractivity (Wildman–Crippen MR) is 47.0 cm³/mol. The van der Waals surface area contributed by atoms with Gasteiger partial charge in [-0.3, -0.25) is 9.78 Å². The third kappa shape index (κ3) is 2.08. The van der Waals surface area contributed by atoms with Crippen LogP contribution in [0, 0.1) is 11.8 Å². The number of nitrogens with zero attached hydrogens (tertiary/aromatic N) is 1. The van der Waals surface area contributed by atoms with Gasteiger partial charge in [-0.25, -0.2) is 0 Å². The smallest absolute Gasteiger partial charge is 0.270 e. The highest BCUT2D eigenvalue weighted by Gasteiger charge is 2.00. The molecule has 0 saturated carbocycles. The summed E-state index contributed by atoms with van der Waals surface area (Å²) in [5.41, 5.74) is 1.03. The fourth-order valence-corrected chi connectivity index (χ4v) is 0.840. The Balaban J connectivity index is 2.98. The maximum Gasteiger partial charge on any atom is 0.270 e. The number of aromatic nitrogens is 1. The average molecular weight is 180 g/mol. The molecule has 0 atom stereocenters. The third-order valence-corrected chi connectivity index (χ3v) is 1.43. The molecule has 0 N–H and O–H groups in total. The van der Waals surface area contributed by atoms with Gasteiger partial charge in [-0.1, -0.05) is 5.92 Å². The van der Waals surface area contributed by atoms with Crippen molar-refractivity contribution < 1.29 is 4.79 Å². The van der Waals surface area contributed by atoms with E-state index in [0.717, 1.165) is 5.56 Å². The Morgan fingerprint density at radius 3 is 2.75 bits per heavy atom. The Hall–Kier alpha value is -1.33. The normalized spacial score (nSPS) is 8.50. The Labute approximate surface area is 75.6 Å². The highest BCUT2D eigenvalue weighted by atomic mass is 35.5. The molecular weight excluding hydrogens is 174 g/mol. The summed E-state index contributed by atoms with van der Waals surface area (Å²) in [5.74, 6) is 5.53. The first-order valence-corrected chi connectivity index (χ1v) is 3.70. The zero-order valence-corrected chi connectivity index (χ0v) is 7.22. The first-order valence-electron chi connectivity index (χ1n) is 3.32. The Morgan fingerprint density at radius 1 is 1.58 bits per heavy atom. The van der Waals surface area contributed by atoms with Crippen molar-refractivity contribution in [1.29, 1.82) is 0 Å². The lowest BCUT2D eigenvalue weighted by molar-refractivity contribution is 0.107. The molecular formula is C9H6ClNO. The molecule has 0 amide bonds. The lowest BCUT2D eigenvalue weighted by atomic mass is 10.2. The summed E-state index contributed by atoms with van der Waals surface area (Å²) in [7, 11) is 0. The summed E-state index contributed by atoms with van der Waals surface area (Å²) >= 11 is 5.20. The first-order chi connectivity index (χ1) is 5.74. The van der Waals surface area contributed by atoms with Gasteiger partial charge in [-0.2, -0.15) is 0 Å². The van der Waals surface area contributed by atoms with Crippen LogP contribution in [-0.2, 0) is 0 Å². The predicted octanol–water partition coefficient (Wildman–Crippen LogP) is 1.83. The number of hydrogen-bond acceptors (Lipinski definition) is 2. The van der Waals surface area contributed by atoms with E-state index in [4.69, 9.17) is 11.6 Å². The van der Waals surface area contributed by atoms with Gasteiger partial charge in [0.2, 0.25) is 0 Å². The summed E-state index contributed by atoms with van der Waals surface area (Å²) in [6.45, 7) is 1.74. The van der Waals surface area contributed by atoms with E-state index in [1.807, 2.05) is 0 Å². The number of hydrogen-bond donors (Lipinski definition) is 0. The highest BCUT2D eigenvalue weighted by molar-refractivity contribution is 6.67. The first kappa shape index (κ1) is 8.76. The summed E-state index contributed by atoms with van der Waals surface area (Å²) in [4.78, 5) is 14.4. The Kier molecular flexibility index (Phi) is 2.84. The van der Waals surface area contributed by atoms with Gasteiger partial charge < -0.3 is 0 Å². The second-order valence-corrected chi connectivity index (χ2v) is 2.42. The van der Waals surface area contributed by atoms with Crippen LogP contribution in [0.1, 0.15) is 23.0 Å². The van der Waals surface area contributed by atoms with E-state index in [-0.39, 0.29) is 5.69 Å². The molecule has 0 saturated heterocycles. The SMILES string of the molecule is CC#Cc1ccc(C(=O)Cl)nc1. The Bertz CT molecular complexity index is 345. The van der Waals surface area contributed by atoms with Gasteiger partial charge in [0.25, 0.3) is 5.24 Å². The molecule has 0 aliphatic carbocycles. The van der Waals surface area contributed by atoms with Gasteiger partial charge in [0, 0.05) is 11.8 Å². The molecule has 60 valence electrons. The number of carbonyl (C=O) groups is 1. The van der Waals surface area contributed by atoms with E-state index in [1.54, 1.807) is 19.1 Å². The van der Waals surface area contributed by atoms with Crippen molar-refractivity contribution in [1.82, 2.24) is 4.98 Å². The molecule has 12 heavy (non-hydrogen) atoms. The second kappa shape index (κ2) is 3.89. The van der Waals surface area contributed by atoms with Crippen LogP contribution in [0.3, 0.4) is 0 Å². The molecule has 0 radical (unpaired) electrons. The van der Waals surface area contributed by atoms with Gasteiger partial charge >= 0.3 is 0 Å². The van der Waals surface area contributed by atoms with Crippen molar-refractivity contribution in [2.45, 2.75) is 6.92 Å². The quantitative estimate of drug-likeness (QED) is 0.486. The molecule has 1 aromatic heterocycles. The van der Waals surface area contributed by atoms with Gasteiger partial charge in [-0.15, -0.1) is 5.92 Å².